The van der Waals surface area contributed by atoms with Crippen LogP contribution in [0.25, 0.3) is 6.08 Å². The lowest BCUT2D eigenvalue weighted by molar-refractivity contribution is -0.146. The summed E-state index contributed by atoms with van der Waals surface area (Å²) in [7, 11) is 0. The lowest BCUT2D eigenvalue weighted by Gasteiger charge is -2.06. The zero-order valence-electron chi connectivity index (χ0n) is 8.77. The van der Waals surface area contributed by atoms with Crippen LogP contribution in [0.5, 0.6) is 0 Å². The molecular weight excluding hydrogens is 192 g/mol. The molecule has 0 heterocycles. The molecule has 0 fully saturated rings. The fourth-order valence-electron chi connectivity index (χ4n) is 1.29. The summed E-state index contributed by atoms with van der Waals surface area (Å²) in [5.74, 6) is -1.23. The Morgan fingerprint density at radius 3 is 2.60 bits per heavy atom. The molecule has 80 valence electrons. The second kappa shape index (κ2) is 4.75. The van der Waals surface area contributed by atoms with Gasteiger partial charge in [0.2, 0.25) is 0 Å². The number of allylic oxidation sites excluding steroid dienone is 1. The summed E-state index contributed by atoms with van der Waals surface area (Å²) in [6.45, 7) is 3.92. The van der Waals surface area contributed by atoms with E-state index in [1.807, 2.05) is 26.0 Å². The fourth-order valence-corrected chi connectivity index (χ4v) is 1.29. The van der Waals surface area contributed by atoms with E-state index < -0.39 is 12.1 Å². The molecule has 1 rings (SSSR count). The van der Waals surface area contributed by atoms with Gasteiger partial charge < -0.3 is 10.2 Å². The van der Waals surface area contributed by atoms with Gasteiger partial charge in [-0.2, -0.15) is 0 Å². The average Bonchev–Trinajstić information content (AvgIpc) is 2.16. The quantitative estimate of drug-likeness (QED) is 0.797. The Kier molecular flexibility index (Phi) is 3.63. The van der Waals surface area contributed by atoms with Crippen LogP contribution in [0.2, 0.25) is 0 Å². The lowest BCUT2D eigenvalue weighted by atomic mass is 10.0. The monoisotopic (exact) mass is 206 g/mol. The van der Waals surface area contributed by atoms with Gasteiger partial charge in [-0.15, -0.1) is 0 Å². The molecule has 0 aliphatic rings. The summed E-state index contributed by atoms with van der Waals surface area (Å²) in [6.07, 6.45) is 0.480. The Morgan fingerprint density at radius 2 is 2.07 bits per heavy atom. The average molecular weight is 206 g/mol. The zero-order valence-corrected chi connectivity index (χ0v) is 8.77. The van der Waals surface area contributed by atoms with Gasteiger partial charge in [0.05, 0.1) is 0 Å². The minimum absolute atomic E-state index is 0.400. The molecule has 0 aliphatic heterocycles. The number of carbonyl (C=O) groups is 1. The van der Waals surface area contributed by atoms with Crippen molar-refractivity contribution in [2.24, 2.45) is 0 Å². The highest BCUT2D eigenvalue weighted by atomic mass is 16.4. The summed E-state index contributed by atoms with van der Waals surface area (Å²) >= 11 is 0. The Labute approximate surface area is 88.7 Å². The number of carboxylic acid groups (broad SMARTS) is 1. The van der Waals surface area contributed by atoms with Gasteiger partial charge in [0, 0.05) is 0 Å². The van der Waals surface area contributed by atoms with E-state index in [0.717, 1.165) is 11.1 Å². The van der Waals surface area contributed by atoms with Crippen LogP contribution in [-0.4, -0.2) is 16.2 Å². The number of rotatable bonds is 3. The molecule has 15 heavy (non-hydrogen) atoms. The van der Waals surface area contributed by atoms with Gasteiger partial charge in [-0.25, -0.2) is 4.79 Å². The molecule has 0 saturated heterocycles. The van der Waals surface area contributed by atoms with E-state index in [9.17, 15) is 9.90 Å². The predicted molar refractivity (Wildman–Crippen MR) is 58.4 cm³/mol. The maximum atomic E-state index is 10.6. The first-order valence-electron chi connectivity index (χ1n) is 4.66. The maximum Gasteiger partial charge on any atom is 0.337 e. The lowest BCUT2D eigenvalue weighted by Crippen LogP contribution is -2.10. The third-order valence-electron chi connectivity index (χ3n) is 1.92. The number of aliphatic hydroxyl groups is 1. The SMILES string of the molecule is CC(C)=Cc1cccc(C(O)C(=O)O)c1. The molecule has 3 nitrogen and oxygen atoms in total. The molecule has 0 radical (unpaired) electrons. The molecule has 1 aromatic carbocycles. The van der Waals surface area contributed by atoms with Crippen LogP contribution in [0.3, 0.4) is 0 Å². The fraction of sp³-hybridized carbons (Fsp3) is 0.250. The highest BCUT2D eigenvalue weighted by molar-refractivity contribution is 5.74. The summed E-state index contributed by atoms with van der Waals surface area (Å²) in [4.78, 5) is 10.6. The smallest absolute Gasteiger partial charge is 0.337 e. The molecule has 1 aromatic rings. The van der Waals surface area contributed by atoms with Crippen LogP contribution in [0.1, 0.15) is 31.1 Å². The first kappa shape index (κ1) is 11.5. The van der Waals surface area contributed by atoms with Crippen molar-refractivity contribution < 1.29 is 15.0 Å². The molecule has 0 bridgehead atoms. The first-order valence-corrected chi connectivity index (χ1v) is 4.66. The van der Waals surface area contributed by atoms with E-state index in [-0.39, 0.29) is 0 Å². The highest BCUT2D eigenvalue weighted by Crippen LogP contribution is 2.16. The maximum absolute atomic E-state index is 10.6. The van der Waals surface area contributed by atoms with E-state index in [4.69, 9.17) is 5.11 Å². The molecule has 2 N–H and O–H groups in total. The van der Waals surface area contributed by atoms with E-state index >= 15 is 0 Å². The molecule has 3 heteroatoms. The minimum Gasteiger partial charge on any atom is -0.479 e. The molecule has 1 atom stereocenters. The van der Waals surface area contributed by atoms with Crippen LogP contribution in [-0.2, 0) is 4.79 Å². The van der Waals surface area contributed by atoms with Crippen molar-refractivity contribution in [1.29, 1.82) is 0 Å². The summed E-state index contributed by atoms with van der Waals surface area (Å²) in [6, 6.07) is 6.87. The molecule has 0 aromatic heterocycles. The van der Waals surface area contributed by atoms with Crippen LogP contribution in [0.4, 0.5) is 0 Å². The van der Waals surface area contributed by atoms with Crippen molar-refractivity contribution in [2.45, 2.75) is 20.0 Å². The first-order chi connectivity index (χ1) is 7.00. The second-order valence-electron chi connectivity index (χ2n) is 3.63. The van der Waals surface area contributed by atoms with Crippen LogP contribution >= 0.6 is 0 Å². The van der Waals surface area contributed by atoms with Crippen LogP contribution in [0, 0.1) is 0 Å². The van der Waals surface area contributed by atoms with Crippen molar-refractivity contribution >= 4 is 12.0 Å². The summed E-state index contributed by atoms with van der Waals surface area (Å²) < 4.78 is 0. The van der Waals surface area contributed by atoms with Gasteiger partial charge >= 0.3 is 5.97 Å². The van der Waals surface area contributed by atoms with E-state index in [1.54, 1.807) is 18.2 Å². The van der Waals surface area contributed by atoms with Crippen molar-refractivity contribution in [3.8, 4) is 0 Å². The van der Waals surface area contributed by atoms with E-state index in [2.05, 4.69) is 0 Å². The number of hydrogen-bond acceptors (Lipinski definition) is 2. The molecule has 0 aliphatic carbocycles. The van der Waals surface area contributed by atoms with E-state index in [1.165, 1.54) is 0 Å². The van der Waals surface area contributed by atoms with Gasteiger partial charge in [-0.3, -0.25) is 0 Å². The Bertz CT molecular complexity index is 390. The summed E-state index contributed by atoms with van der Waals surface area (Å²) in [5, 5.41) is 18.0. The van der Waals surface area contributed by atoms with Gasteiger partial charge in [0.1, 0.15) is 0 Å². The summed E-state index contributed by atoms with van der Waals surface area (Å²) in [5.41, 5.74) is 2.42. The second-order valence-corrected chi connectivity index (χ2v) is 3.63. The van der Waals surface area contributed by atoms with Crippen molar-refractivity contribution in [3.63, 3.8) is 0 Å². The minimum atomic E-state index is -1.45. The third kappa shape index (κ3) is 3.22. The third-order valence-corrected chi connectivity index (χ3v) is 1.92. The Morgan fingerprint density at radius 1 is 1.40 bits per heavy atom. The van der Waals surface area contributed by atoms with Gasteiger partial charge in [-0.05, 0) is 31.0 Å². The largest absolute Gasteiger partial charge is 0.479 e. The topological polar surface area (TPSA) is 57.5 Å². The van der Waals surface area contributed by atoms with Gasteiger partial charge in [-0.1, -0.05) is 29.8 Å². The molecule has 0 spiro atoms. The van der Waals surface area contributed by atoms with Gasteiger partial charge in [0.15, 0.2) is 6.10 Å². The highest BCUT2D eigenvalue weighted by Gasteiger charge is 2.15. The van der Waals surface area contributed by atoms with Gasteiger partial charge in [0.25, 0.3) is 0 Å². The van der Waals surface area contributed by atoms with Crippen molar-refractivity contribution in [2.75, 3.05) is 0 Å². The normalized spacial score (nSPS) is 11.9. The van der Waals surface area contributed by atoms with Crippen LogP contribution in [0.15, 0.2) is 29.8 Å². The van der Waals surface area contributed by atoms with Crippen molar-refractivity contribution in [1.82, 2.24) is 0 Å². The standard InChI is InChI=1S/C12H14O3/c1-8(2)6-9-4-3-5-10(7-9)11(13)12(14)15/h3-7,11,13H,1-2H3,(H,14,15). The molecule has 1 unspecified atom stereocenters. The van der Waals surface area contributed by atoms with Crippen molar-refractivity contribution in [3.05, 3.63) is 41.0 Å². The molecule has 0 amide bonds. The van der Waals surface area contributed by atoms with Crippen LogP contribution < -0.4 is 0 Å². The van der Waals surface area contributed by atoms with E-state index in [0.29, 0.717) is 5.56 Å². The zero-order chi connectivity index (χ0) is 11.4. The Hall–Kier alpha value is -1.61. The number of benzene rings is 1. The predicted octanol–water partition coefficient (Wildman–Crippen LogP) is 2.23. The number of aliphatic hydroxyl groups excluding tert-OH is 1. The number of aliphatic carboxylic acids is 1. The Balaban J connectivity index is 3.02. The number of hydrogen-bond donors (Lipinski definition) is 2. The molecular formula is C12H14O3. The molecule has 0 saturated carbocycles. The number of carboxylic acids is 1.